The maximum absolute atomic E-state index is 12.9. The SMILES string of the molecule is CSc1ccc([C@@H]2CC(=O)N3CN(Cc4ccco4)CSC3=C2C#N)cc1. The maximum Gasteiger partial charge on any atom is 0.229 e. The molecule has 2 aliphatic rings. The van der Waals surface area contributed by atoms with E-state index in [1.807, 2.05) is 30.5 Å². The molecule has 0 spiro atoms. The predicted octanol–water partition coefficient (Wildman–Crippen LogP) is 4.22. The first-order valence-corrected chi connectivity index (χ1v) is 10.9. The van der Waals surface area contributed by atoms with Crippen molar-refractivity contribution in [2.24, 2.45) is 0 Å². The predicted molar refractivity (Wildman–Crippen MR) is 107 cm³/mol. The van der Waals surface area contributed by atoms with E-state index in [0.29, 0.717) is 25.2 Å². The number of furan rings is 1. The van der Waals surface area contributed by atoms with E-state index in [4.69, 9.17) is 4.42 Å². The van der Waals surface area contributed by atoms with Crippen LogP contribution in [0, 0.1) is 11.3 Å². The number of benzene rings is 1. The number of thioether (sulfide) groups is 2. The van der Waals surface area contributed by atoms with E-state index < -0.39 is 0 Å². The van der Waals surface area contributed by atoms with Crippen LogP contribution < -0.4 is 0 Å². The normalized spacial score (nSPS) is 20.5. The third-order valence-electron chi connectivity index (χ3n) is 4.83. The molecule has 0 saturated carbocycles. The lowest BCUT2D eigenvalue weighted by Gasteiger charge is -2.41. The van der Waals surface area contributed by atoms with Crippen LogP contribution in [0.2, 0.25) is 0 Å². The van der Waals surface area contributed by atoms with E-state index in [2.05, 4.69) is 23.1 Å². The van der Waals surface area contributed by atoms with Crippen molar-refractivity contribution in [2.75, 3.05) is 18.8 Å². The Labute approximate surface area is 167 Å². The second-order valence-corrected chi connectivity index (χ2v) is 8.32. The van der Waals surface area contributed by atoms with Gasteiger partial charge in [-0.15, -0.1) is 11.8 Å². The molecular weight excluding hydrogens is 378 g/mol. The van der Waals surface area contributed by atoms with Crippen LogP contribution in [0.3, 0.4) is 0 Å². The summed E-state index contributed by atoms with van der Waals surface area (Å²) in [7, 11) is 0. The highest BCUT2D eigenvalue weighted by molar-refractivity contribution is 8.03. The number of rotatable bonds is 4. The van der Waals surface area contributed by atoms with Gasteiger partial charge in [-0.05, 0) is 36.1 Å². The van der Waals surface area contributed by atoms with Gasteiger partial charge in [0.1, 0.15) is 5.76 Å². The van der Waals surface area contributed by atoms with Crippen LogP contribution in [0.15, 0.2) is 62.6 Å². The second-order valence-electron chi connectivity index (χ2n) is 6.51. The molecule has 0 N–H and O–H groups in total. The highest BCUT2D eigenvalue weighted by atomic mass is 32.2. The highest BCUT2D eigenvalue weighted by Crippen LogP contribution is 2.42. The minimum absolute atomic E-state index is 0.0691. The number of amides is 1. The molecule has 0 bridgehead atoms. The molecule has 1 amide bonds. The van der Waals surface area contributed by atoms with Gasteiger partial charge in [-0.25, -0.2) is 0 Å². The summed E-state index contributed by atoms with van der Waals surface area (Å²) >= 11 is 3.24. The molecule has 4 rings (SSSR count). The molecule has 138 valence electrons. The van der Waals surface area contributed by atoms with Gasteiger partial charge in [0.05, 0.1) is 42.0 Å². The van der Waals surface area contributed by atoms with Crippen LogP contribution in [-0.2, 0) is 11.3 Å². The van der Waals surface area contributed by atoms with E-state index >= 15 is 0 Å². The van der Waals surface area contributed by atoms with Crippen LogP contribution in [-0.4, -0.2) is 34.5 Å². The van der Waals surface area contributed by atoms with Crippen molar-refractivity contribution in [3.8, 4) is 6.07 Å². The number of hydrogen-bond donors (Lipinski definition) is 0. The average molecular weight is 398 g/mol. The molecule has 1 aromatic heterocycles. The molecule has 1 aromatic carbocycles. The Balaban J connectivity index is 1.59. The van der Waals surface area contributed by atoms with E-state index in [9.17, 15) is 10.1 Å². The van der Waals surface area contributed by atoms with E-state index in [1.54, 1.807) is 34.7 Å². The van der Waals surface area contributed by atoms with Crippen LogP contribution >= 0.6 is 23.5 Å². The molecule has 0 aliphatic carbocycles. The Hall–Kier alpha value is -2.14. The van der Waals surface area contributed by atoms with E-state index in [0.717, 1.165) is 22.2 Å². The molecule has 0 unspecified atom stereocenters. The molecule has 1 atom stereocenters. The van der Waals surface area contributed by atoms with Gasteiger partial charge in [-0.3, -0.25) is 14.6 Å². The molecule has 3 heterocycles. The van der Waals surface area contributed by atoms with Crippen molar-refractivity contribution in [3.63, 3.8) is 0 Å². The van der Waals surface area contributed by atoms with E-state index in [1.165, 1.54) is 4.90 Å². The van der Waals surface area contributed by atoms with Gasteiger partial charge in [0.15, 0.2) is 0 Å². The molecular formula is C20H19N3O2S2. The fourth-order valence-electron chi connectivity index (χ4n) is 3.45. The molecule has 2 aliphatic heterocycles. The number of nitrogens with zero attached hydrogens (tertiary/aromatic N) is 3. The summed E-state index contributed by atoms with van der Waals surface area (Å²) in [6.45, 7) is 1.14. The zero-order valence-electron chi connectivity index (χ0n) is 14.9. The Morgan fingerprint density at radius 3 is 2.81 bits per heavy atom. The topological polar surface area (TPSA) is 60.5 Å². The summed E-state index contributed by atoms with van der Waals surface area (Å²) in [4.78, 5) is 17.9. The van der Waals surface area contributed by atoms with Crippen molar-refractivity contribution < 1.29 is 9.21 Å². The molecule has 27 heavy (non-hydrogen) atoms. The Kier molecular flexibility index (Phi) is 5.30. The lowest BCUT2D eigenvalue weighted by Crippen LogP contribution is -2.46. The van der Waals surface area contributed by atoms with Crippen molar-refractivity contribution in [3.05, 3.63) is 64.6 Å². The van der Waals surface area contributed by atoms with Gasteiger partial charge < -0.3 is 4.42 Å². The zero-order chi connectivity index (χ0) is 18.8. The second kappa shape index (κ2) is 7.85. The van der Waals surface area contributed by atoms with Crippen LogP contribution in [0.5, 0.6) is 0 Å². The quantitative estimate of drug-likeness (QED) is 0.720. The summed E-state index contributed by atoms with van der Waals surface area (Å²) < 4.78 is 5.41. The fraction of sp³-hybridized carbons (Fsp3) is 0.300. The maximum atomic E-state index is 12.9. The molecule has 2 aromatic rings. The van der Waals surface area contributed by atoms with Gasteiger partial charge >= 0.3 is 0 Å². The smallest absolute Gasteiger partial charge is 0.229 e. The minimum atomic E-state index is -0.159. The Bertz CT molecular complexity index is 900. The van der Waals surface area contributed by atoms with Gasteiger partial charge in [-0.1, -0.05) is 23.9 Å². The highest BCUT2D eigenvalue weighted by Gasteiger charge is 2.38. The largest absolute Gasteiger partial charge is 0.468 e. The summed E-state index contributed by atoms with van der Waals surface area (Å²) in [5.41, 5.74) is 1.73. The monoisotopic (exact) mass is 397 g/mol. The fourth-order valence-corrected chi connectivity index (χ4v) is 5.00. The lowest BCUT2D eigenvalue weighted by atomic mass is 9.86. The molecule has 0 radical (unpaired) electrons. The van der Waals surface area contributed by atoms with Crippen molar-refractivity contribution in [1.29, 1.82) is 5.26 Å². The van der Waals surface area contributed by atoms with Gasteiger partial charge in [0.2, 0.25) is 5.91 Å². The van der Waals surface area contributed by atoms with Crippen LogP contribution in [0.25, 0.3) is 0 Å². The molecule has 1 fully saturated rings. The first kappa shape index (κ1) is 18.2. The number of allylic oxidation sites excluding steroid dienone is 1. The number of carbonyl (C=O) groups excluding carboxylic acids is 1. The van der Waals surface area contributed by atoms with Gasteiger partial charge in [0.25, 0.3) is 0 Å². The summed E-state index contributed by atoms with van der Waals surface area (Å²) in [5, 5.41) is 10.6. The van der Waals surface area contributed by atoms with Crippen molar-refractivity contribution >= 4 is 29.4 Å². The number of carbonyl (C=O) groups is 1. The van der Waals surface area contributed by atoms with Gasteiger partial charge in [-0.2, -0.15) is 5.26 Å². The summed E-state index contributed by atoms with van der Waals surface area (Å²) in [6, 6.07) is 14.4. The number of fused-ring (bicyclic) bond motifs is 1. The molecule has 5 nitrogen and oxygen atoms in total. The van der Waals surface area contributed by atoms with Crippen LogP contribution in [0.1, 0.15) is 23.7 Å². The van der Waals surface area contributed by atoms with Crippen LogP contribution in [0.4, 0.5) is 0 Å². The third-order valence-corrected chi connectivity index (χ3v) is 6.78. The summed E-state index contributed by atoms with van der Waals surface area (Å²) in [5.74, 6) is 1.51. The third kappa shape index (κ3) is 3.65. The van der Waals surface area contributed by atoms with Crippen molar-refractivity contribution in [1.82, 2.24) is 9.80 Å². The molecule has 1 saturated heterocycles. The standard InChI is InChI=1S/C20H19N3O2S2/c1-26-16-6-4-14(5-7-16)17-9-19(24)23-12-22(11-15-3-2-8-25-15)13-27-20(23)18(17)10-21/h2-8,17H,9,11-13H2,1H3/t17-/m0/s1. The first-order chi connectivity index (χ1) is 13.2. The van der Waals surface area contributed by atoms with Gasteiger partial charge in [0, 0.05) is 17.2 Å². The van der Waals surface area contributed by atoms with Crippen molar-refractivity contribution in [2.45, 2.75) is 23.8 Å². The minimum Gasteiger partial charge on any atom is -0.468 e. The lowest BCUT2D eigenvalue weighted by molar-refractivity contribution is -0.132. The molecule has 7 heteroatoms. The van der Waals surface area contributed by atoms with E-state index in [-0.39, 0.29) is 11.8 Å². The Morgan fingerprint density at radius 1 is 1.33 bits per heavy atom. The first-order valence-electron chi connectivity index (χ1n) is 8.65. The average Bonchev–Trinajstić information content (AvgIpc) is 3.21. The number of nitriles is 1. The Morgan fingerprint density at radius 2 is 2.15 bits per heavy atom. The number of hydrogen-bond acceptors (Lipinski definition) is 6. The zero-order valence-corrected chi connectivity index (χ0v) is 16.6. The summed E-state index contributed by atoms with van der Waals surface area (Å²) in [6.07, 6.45) is 4.03.